The Morgan fingerprint density at radius 1 is 1.42 bits per heavy atom. The second-order valence-electron chi connectivity index (χ2n) is 5.33. The van der Waals surface area contributed by atoms with Crippen LogP contribution in [-0.4, -0.2) is 47.0 Å². The highest BCUT2D eigenvalue weighted by Crippen LogP contribution is 2.34. The summed E-state index contributed by atoms with van der Waals surface area (Å²) in [6, 6.07) is 0. The zero-order valence-electron chi connectivity index (χ0n) is 11.8. The molecular weight excluding hydrogens is 246 g/mol. The summed E-state index contributed by atoms with van der Waals surface area (Å²) in [6.45, 7) is 5.44. The number of hydrogen-bond acceptors (Lipinski definition) is 6. The Kier molecular flexibility index (Phi) is 4.90. The summed E-state index contributed by atoms with van der Waals surface area (Å²) in [4.78, 5) is 6.58. The molecule has 0 bridgehead atoms. The van der Waals surface area contributed by atoms with Gasteiger partial charge < -0.3 is 14.4 Å². The molecule has 6 nitrogen and oxygen atoms in total. The molecule has 1 aliphatic heterocycles. The summed E-state index contributed by atoms with van der Waals surface area (Å²) in [5.74, 6) is 1.23. The number of aliphatic hydroxyl groups excluding tert-OH is 1. The lowest BCUT2D eigenvalue weighted by molar-refractivity contribution is 0.0348. The number of hydrogen-bond donors (Lipinski definition) is 1. The van der Waals surface area contributed by atoms with E-state index >= 15 is 0 Å². The molecule has 1 aliphatic rings. The van der Waals surface area contributed by atoms with Crippen LogP contribution in [0.3, 0.4) is 0 Å². The van der Waals surface area contributed by atoms with Gasteiger partial charge >= 0.3 is 0 Å². The largest absolute Gasteiger partial charge is 0.396 e. The van der Waals surface area contributed by atoms with Crippen molar-refractivity contribution >= 4 is 0 Å². The first-order chi connectivity index (χ1) is 9.21. The molecule has 0 aliphatic carbocycles. The minimum Gasteiger partial charge on any atom is -0.396 e. The molecule has 2 rings (SSSR count). The number of piperidine rings is 1. The second-order valence-corrected chi connectivity index (χ2v) is 5.33. The molecule has 0 radical (unpaired) electrons. The van der Waals surface area contributed by atoms with Crippen LogP contribution in [-0.2, 0) is 17.9 Å². The zero-order valence-corrected chi connectivity index (χ0v) is 11.8. The van der Waals surface area contributed by atoms with Crippen LogP contribution in [0.15, 0.2) is 4.52 Å². The van der Waals surface area contributed by atoms with Crippen molar-refractivity contribution in [2.45, 2.75) is 39.3 Å². The minimum absolute atomic E-state index is 0.118. The zero-order chi connectivity index (χ0) is 13.7. The van der Waals surface area contributed by atoms with E-state index in [2.05, 4.69) is 22.0 Å². The Hall–Kier alpha value is -0.980. The Morgan fingerprint density at radius 2 is 2.16 bits per heavy atom. The van der Waals surface area contributed by atoms with Gasteiger partial charge in [-0.1, -0.05) is 12.1 Å². The standard InChI is InChI=1S/C13H23N3O3/c1-3-13(10-17)4-6-16(7-5-13)8-12-14-11(9-18-2)15-19-12/h17H,3-10H2,1-2H3. The van der Waals surface area contributed by atoms with Crippen molar-refractivity contribution in [1.82, 2.24) is 15.0 Å². The average Bonchev–Trinajstić information content (AvgIpc) is 2.88. The van der Waals surface area contributed by atoms with Crippen LogP contribution in [0, 0.1) is 5.41 Å². The quantitative estimate of drug-likeness (QED) is 0.836. The maximum Gasteiger partial charge on any atom is 0.240 e. The van der Waals surface area contributed by atoms with E-state index in [1.165, 1.54) is 0 Å². The fourth-order valence-corrected chi connectivity index (χ4v) is 2.54. The Labute approximate surface area is 113 Å². The highest BCUT2D eigenvalue weighted by atomic mass is 16.5. The van der Waals surface area contributed by atoms with Crippen LogP contribution >= 0.6 is 0 Å². The topological polar surface area (TPSA) is 71.6 Å². The van der Waals surface area contributed by atoms with Gasteiger partial charge in [0.15, 0.2) is 5.82 Å². The molecule has 0 spiro atoms. The fourth-order valence-electron chi connectivity index (χ4n) is 2.54. The van der Waals surface area contributed by atoms with E-state index in [9.17, 15) is 5.11 Å². The van der Waals surface area contributed by atoms with E-state index in [0.717, 1.165) is 32.4 Å². The van der Waals surface area contributed by atoms with Gasteiger partial charge in [0.05, 0.1) is 6.54 Å². The van der Waals surface area contributed by atoms with Gasteiger partial charge in [0, 0.05) is 13.7 Å². The molecule has 0 unspecified atom stereocenters. The number of aromatic nitrogens is 2. The van der Waals surface area contributed by atoms with Crippen molar-refractivity contribution in [3.8, 4) is 0 Å². The van der Waals surface area contributed by atoms with Crippen molar-refractivity contribution in [2.24, 2.45) is 5.41 Å². The molecule has 0 atom stereocenters. The molecule has 0 saturated carbocycles. The summed E-state index contributed by atoms with van der Waals surface area (Å²) < 4.78 is 10.2. The van der Waals surface area contributed by atoms with Crippen LogP contribution in [0.1, 0.15) is 37.9 Å². The second kappa shape index (κ2) is 6.45. The molecule has 0 aromatic carbocycles. The van der Waals surface area contributed by atoms with Crippen LogP contribution < -0.4 is 0 Å². The molecule has 1 fully saturated rings. The number of aliphatic hydroxyl groups is 1. The van der Waals surface area contributed by atoms with Gasteiger partial charge in [0.25, 0.3) is 0 Å². The number of methoxy groups -OCH3 is 1. The summed E-state index contributed by atoms with van der Waals surface area (Å²) in [7, 11) is 1.61. The molecule has 1 aromatic heterocycles. The summed E-state index contributed by atoms with van der Waals surface area (Å²) in [6.07, 6.45) is 3.09. The van der Waals surface area contributed by atoms with Crippen LogP contribution in [0.25, 0.3) is 0 Å². The molecule has 1 saturated heterocycles. The van der Waals surface area contributed by atoms with Gasteiger partial charge in [-0.05, 0) is 37.8 Å². The van der Waals surface area contributed by atoms with Crippen molar-refractivity contribution in [1.29, 1.82) is 0 Å². The van der Waals surface area contributed by atoms with Crippen LogP contribution in [0.2, 0.25) is 0 Å². The molecule has 1 N–H and O–H groups in total. The van der Waals surface area contributed by atoms with Gasteiger partial charge in [0.1, 0.15) is 6.61 Å². The molecule has 19 heavy (non-hydrogen) atoms. The summed E-state index contributed by atoms with van der Waals surface area (Å²) >= 11 is 0. The summed E-state index contributed by atoms with van der Waals surface area (Å²) in [5, 5.41) is 13.4. The van der Waals surface area contributed by atoms with E-state index in [-0.39, 0.29) is 12.0 Å². The first-order valence-corrected chi connectivity index (χ1v) is 6.85. The first kappa shape index (κ1) is 14.4. The summed E-state index contributed by atoms with van der Waals surface area (Å²) in [5.41, 5.74) is 0.118. The van der Waals surface area contributed by atoms with E-state index < -0.39 is 0 Å². The Morgan fingerprint density at radius 3 is 2.74 bits per heavy atom. The number of likely N-dealkylation sites (tertiary alicyclic amines) is 1. The number of ether oxygens (including phenoxy) is 1. The lowest BCUT2D eigenvalue weighted by Crippen LogP contribution is -2.41. The van der Waals surface area contributed by atoms with E-state index in [1.54, 1.807) is 7.11 Å². The lowest BCUT2D eigenvalue weighted by Gasteiger charge is -2.39. The number of nitrogens with zero attached hydrogens (tertiary/aromatic N) is 3. The van der Waals surface area contributed by atoms with Gasteiger partial charge in [0.2, 0.25) is 5.89 Å². The highest BCUT2D eigenvalue weighted by molar-refractivity contribution is 4.88. The molecular formula is C13H23N3O3. The smallest absolute Gasteiger partial charge is 0.240 e. The lowest BCUT2D eigenvalue weighted by atomic mass is 9.77. The minimum atomic E-state index is 0.118. The van der Waals surface area contributed by atoms with Gasteiger partial charge in [-0.25, -0.2) is 0 Å². The molecule has 0 amide bonds. The molecule has 108 valence electrons. The van der Waals surface area contributed by atoms with E-state index in [4.69, 9.17) is 9.26 Å². The Bertz CT molecular complexity index is 380. The maximum atomic E-state index is 9.51. The van der Waals surface area contributed by atoms with Crippen molar-refractivity contribution in [3.63, 3.8) is 0 Å². The average molecular weight is 269 g/mol. The van der Waals surface area contributed by atoms with Crippen molar-refractivity contribution < 1.29 is 14.4 Å². The third kappa shape index (κ3) is 3.52. The van der Waals surface area contributed by atoms with E-state index in [0.29, 0.717) is 24.9 Å². The van der Waals surface area contributed by atoms with Crippen LogP contribution in [0.5, 0.6) is 0 Å². The van der Waals surface area contributed by atoms with Crippen LogP contribution in [0.4, 0.5) is 0 Å². The maximum absolute atomic E-state index is 9.51. The monoisotopic (exact) mass is 269 g/mol. The predicted molar refractivity (Wildman–Crippen MR) is 69.3 cm³/mol. The van der Waals surface area contributed by atoms with Crippen molar-refractivity contribution in [3.05, 3.63) is 11.7 Å². The van der Waals surface area contributed by atoms with Gasteiger partial charge in [-0.3, -0.25) is 4.90 Å². The fraction of sp³-hybridized carbons (Fsp3) is 0.846. The van der Waals surface area contributed by atoms with Crippen molar-refractivity contribution in [2.75, 3.05) is 26.8 Å². The SMILES string of the molecule is CCC1(CO)CCN(Cc2nc(COC)no2)CC1. The third-order valence-corrected chi connectivity index (χ3v) is 4.14. The van der Waals surface area contributed by atoms with Gasteiger partial charge in [-0.2, -0.15) is 4.98 Å². The Balaban J connectivity index is 1.84. The molecule has 2 heterocycles. The van der Waals surface area contributed by atoms with E-state index in [1.807, 2.05) is 0 Å². The first-order valence-electron chi connectivity index (χ1n) is 6.85. The highest BCUT2D eigenvalue weighted by Gasteiger charge is 2.32. The third-order valence-electron chi connectivity index (χ3n) is 4.14. The molecule has 6 heteroatoms. The molecule has 1 aromatic rings. The number of rotatable bonds is 6. The predicted octanol–water partition coefficient (Wildman–Crippen LogP) is 1.20. The normalized spacial score (nSPS) is 19.7. The van der Waals surface area contributed by atoms with Gasteiger partial charge in [-0.15, -0.1) is 0 Å².